The van der Waals surface area contributed by atoms with E-state index in [1.54, 1.807) is 12.2 Å². The third-order valence-corrected chi connectivity index (χ3v) is 4.86. The second kappa shape index (κ2) is 9.95. The number of nitrogens with one attached hydrogen (secondary N) is 1. The number of benzene rings is 2. The van der Waals surface area contributed by atoms with E-state index in [0.29, 0.717) is 13.2 Å². The van der Waals surface area contributed by atoms with Crippen molar-refractivity contribution in [1.29, 1.82) is 0 Å². The van der Waals surface area contributed by atoms with Gasteiger partial charge in [-0.1, -0.05) is 72.8 Å². The van der Waals surface area contributed by atoms with Crippen LogP contribution >= 0.6 is 0 Å². The second-order valence-electron chi connectivity index (χ2n) is 6.56. The Kier molecular flexibility index (Phi) is 7.36. The zero-order valence-electron chi connectivity index (χ0n) is 15.7. The molecule has 1 saturated heterocycles. The van der Waals surface area contributed by atoms with Gasteiger partial charge < -0.3 is 9.47 Å². The maximum atomic E-state index is 11.1. The van der Waals surface area contributed by atoms with E-state index in [0.717, 1.165) is 17.4 Å². The molecule has 0 saturated carbocycles. The van der Waals surface area contributed by atoms with Gasteiger partial charge in [0.2, 0.25) is 0 Å². The Bertz CT molecular complexity index is 855. The molecule has 1 aliphatic heterocycles. The van der Waals surface area contributed by atoms with Crippen LogP contribution in [0.5, 0.6) is 0 Å². The number of hydrogen-bond donors (Lipinski definition) is 1. The zero-order chi connectivity index (χ0) is 19.8. The fraction of sp³-hybridized carbons (Fsp3) is 0.333. The van der Waals surface area contributed by atoms with Crippen molar-refractivity contribution in [1.82, 2.24) is 5.32 Å². The van der Waals surface area contributed by atoms with E-state index in [1.807, 2.05) is 48.5 Å². The van der Waals surface area contributed by atoms with Gasteiger partial charge >= 0.3 is 0 Å². The van der Waals surface area contributed by atoms with Gasteiger partial charge in [0.05, 0.1) is 32.1 Å². The maximum Gasteiger partial charge on any atom is 0.264 e. The van der Waals surface area contributed by atoms with E-state index in [4.69, 9.17) is 13.7 Å². The molecule has 0 aliphatic carbocycles. The lowest BCUT2D eigenvalue weighted by Crippen LogP contribution is -2.37. The summed E-state index contributed by atoms with van der Waals surface area (Å²) in [5.41, 5.74) is 2.20. The minimum Gasteiger partial charge on any atom is -0.365 e. The van der Waals surface area contributed by atoms with Gasteiger partial charge in [0, 0.05) is 0 Å². The molecule has 2 aromatic carbocycles. The second-order valence-corrected chi connectivity index (χ2v) is 8.21. The molecule has 1 N–H and O–H groups in total. The van der Waals surface area contributed by atoms with Crippen LogP contribution in [0.25, 0.3) is 0 Å². The van der Waals surface area contributed by atoms with E-state index in [9.17, 15) is 8.42 Å². The van der Waals surface area contributed by atoms with Gasteiger partial charge in [-0.15, -0.1) is 0 Å². The summed E-state index contributed by atoms with van der Waals surface area (Å²) >= 11 is 0. The van der Waals surface area contributed by atoms with Gasteiger partial charge in [-0.2, -0.15) is 8.42 Å². The predicted molar refractivity (Wildman–Crippen MR) is 107 cm³/mol. The van der Waals surface area contributed by atoms with Crippen LogP contribution < -0.4 is 5.32 Å². The standard InChI is InChI=1S/C21H25NO5S/c1-28(23,24)27-14-8-13-20(25-15-17-9-4-2-5-10-17)21-22-19(16-26-21)18-11-6-3-7-12-18/h2-13,19-22H,14-16H2,1H3/b13-8-/t19-,20-,21+/m0/s1. The number of rotatable bonds is 9. The van der Waals surface area contributed by atoms with Crippen LogP contribution in [-0.4, -0.2) is 40.2 Å². The molecule has 7 heteroatoms. The van der Waals surface area contributed by atoms with Crippen molar-refractivity contribution < 1.29 is 22.1 Å². The van der Waals surface area contributed by atoms with Gasteiger partial charge in [-0.3, -0.25) is 9.50 Å². The van der Waals surface area contributed by atoms with Crippen molar-refractivity contribution >= 4 is 10.1 Å². The molecular formula is C21H25NO5S. The average Bonchev–Trinajstić information content (AvgIpc) is 3.18. The molecule has 28 heavy (non-hydrogen) atoms. The first-order chi connectivity index (χ1) is 13.5. The normalized spacial score (nSPS) is 21.2. The monoisotopic (exact) mass is 403 g/mol. The van der Waals surface area contributed by atoms with Crippen LogP contribution in [-0.2, 0) is 30.4 Å². The quantitative estimate of drug-likeness (QED) is 0.513. The highest BCUT2D eigenvalue weighted by molar-refractivity contribution is 7.85. The predicted octanol–water partition coefficient (Wildman–Crippen LogP) is 2.79. The third kappa shape index (κ3) is 6.54. The number of hydrogen-bond acceptors (Lipinski definition) is 6. The topological polar surface area (TPSA) is 73.9 Å². The van der Waals surface area contributed by atoms with Crippen LogP contribution in [0.4, 0.5) is 0 Å². The minimum absolute atomic E-state index is 0.0428. The largest absolute Gasteiger partial charge is 0.365 e. The molecule has 6 nitrogen and oxygen atoms in total. The lowest BCUT2D eigenvalue weighted by Gasteiger charge is -2.21. The fourth-order valence-corrected chi connectivity index (χ4v) is 3.25. The Morgan fingerprint density at radius 3 is 2.50 bits per heavy atom. The summed E-state index contributed by atoms with van der Waals surface area (Å²) in [6, 6.07) is 20.0. The molecule has 0 unspecified atom stereocenters. The summed E-state index contributed by atoms with van der Waals surface area (Å²) in [4.78, 5) is 0. The first-order valence-electron chi connectivity index (χ1n) is 9.10. The van der Waals surface area contributed by atoms with Crippen LogP contribution in [0.2, 0.25) is 0 Å². The summed E-state index contributed by atoms with van der Waals surface area (Å²) < 4.78 is 39.0. The van der Waals surface area contributed by atoms with Gasteiger partial charge in [0.15, 0.2) is 0 Å². The van der Waals surface area contributed by atoms with Crippen molar-refractivity contribution in [3.05, 3.63) is 83.9 Å². The molecule has 2 aromatic rings. The Morgan fingerprint density at radius 2 is 1.82 bits per heavy atom. The minimum atomic E-state index is -3.48. The fourth-order valence-electron chi connectivity index (χ4n) is 2.92. The molecule has 0 bridgehead atoms. The van der Waals surface area contributed by atoms with Gasteiger partial charge in [-0.05, 0) is 11.1 Å². The molecule has 3 atom stereocenters. The molecular weight excluding hydrogens is 378 g/mol. The van der Waals surface area contributed by atoms with E-state index in [-0.39, 0.29) is 18.9 Å². The highest BCUT2D eigenvalue weighted by Gasteiger charge is 2.31. The summed E-state index contributed by atoms with van der Waals surface area (Å²) in [6.45, 7) is 0.909. The van der Waals surface area contributed by atoms with E-state index >= 15 is 0 Å². The smallest absolute Gasteiger partial charge is 0.264 e. The van der Waals surface area contributed by atoms with E-state index < -0.39 is 16.2 Å². The molecule has 1 fully saturated rings. The molecule has 0 amide bonds. The number of ether oxygens (including phenoxy) is 2. The van der Waals surface area contributed by atoms with Crippen LogP contribution in [0.15, 0.2) is 72.8 Å². The van der Waals surface area contributed by atoms with Gasteiger partial charge in [0.1, 0.15) is 12.3 Å². The van der Waals surface area contributed by atoms with Crippen LogP contribution in [0.3, 0.4) is 0 Å². The maximum absolute atomic E-state index is 11.1. The molecule has 3 rings (SSSR count). The van der Waals surface area contributed by atoms with E-state index in [1.165, 1.54) is 0 Å². The lowest BCUT2D eigenvalue weighted by atomic mass is 10.1. The Hall–Kier alpha value is -2.03. The summed E-state index contributed by atoms with van der Waals surface area (Å²) in [6.07, 6.45) is 3.70. The van der Waals surface area contributed by atoms with Crippen LogP contribution in [0.1, 0.15) is 17.2 Å². The molecule has 150 valence electrons. The molecule has 0 radical (unpaired) electrons. The Balaban J connectivity index is 1.64. The van der Waals surface area contributed by atoms with Gasteiger partial charge in [0.25, 0.3) is 10.1 Å². The van der Waals surface area contributed by atoms with Crippen molar-refractivity contribution in [2.75, 3.05) is 19.5 Å². The Morgan fingerprint density at radius 1 is 1.14 bits per heavy atom. The lowest BCUT2D eigenvalue weighted by molar-refractivity contribution is -0.0388. The van der Waals surface area contributed by atoms with Crippen molar-refractivity contribution in [2.24, 2.45) is 0 Å². The summed E-state index contributed by atoms with van der Waals surface area (Å²) in [7, 11) is -3.48. The molecule has 0 spiro atoms. The molecule has 0 aromatic heterocycles. The Labute approximate surface area is 166 Å². The average molecular weight is 404 g/mol. The first-order valence-corrected chi connectivity index (χ1v) is 10.9. The highest BCUT2D eigenvalue weighted by Crippen LogP contribution is 2.23. The third-order valence-electron chi connectivity index (χ3n) is 4.30. The van der Waals surface area contributed by atoms with Gasteiger partial charge in [-0.25, -0.2) is 0 Å². The summed E-state index contributed by atoms with van der Waals surface area (Å²) in [5, 5.41) is 3.44. The molecule has 1 heterocycles. The van der Waals surface area contributed by atoms with Crippen molar-refractivity contribution in [3.8, 4) is 0 Å². The highest BCUT2D eigenvalue weighted by atomic mass is 32.2. The summed E-state index contributed by atoms with van der Waals surface area (Å²) in [5.74, 6) is 0. The van der Waals surface area contributed by atoms with Crippen molar-refractivity contribution in [2.45, 2.75) is 25.0 Å². The van der Waals surface area contributed by atoms with E-state index in [2.05, 4.69) is 17.4 Å². The SMILES string of the molecule is CS(=O)(=O)OC/C=C\[C@H](OCc1ccccc1)[C@@H]1N[C@H](c2ccccc2)CO1. The van der Waals surface area contributed by atoms with Crippen LogP contribution in [0, 0.1) is 0 Å². The zero-order valence-corrected chi connectivity index (χ0v) is 16.5. The first kappa shape index (κ1) is 20.7. The molecule has 1 aliphatic rings. The van der Waals surface area contributed by atoms with Crippen molar-refractivity contribution in [3.63, 3.8) is 0 Å².